The number of nitrogens with one attached hydrogen (secondary N) is 2. The van der Waals surface area contributed by atoms with Crippen molar-refractivity contribution in [3.05, 3.63) is 68.9 Å². The van der Waals surface area contributed by atoms with Crippen LogP contribution < -0.4 is 34.7 Å². The molecule has 318 valence electrons. The molecule has 0 unspecified atom stereocenters. The van der Waals surface area contributed by atoms with Gasteiger partial charge in [-0.15, -0.1) is 11.8 Å². The zero-order chi connectivity index (χ0) is 42.8. The Kier molecular flexibility index (Phi) is 11.1. The molecule has 4 aliphatic rings. The van der Waals surface area contributed by atoms with Crippen LogP contribution >= 0.6 is 11.8 Å². The van der Waals surface area contributed by atoms with Crippen molar-refractivity contribution in [2.75, 3.05) is 54.0 Å². The molecule has 0 spiro atoms. The number of carbonyl (C=O) groups is 2. The number of rotatable bonds is 11. The Morgan fingerprint density at radius 2 is 1.90 bits per heavy atom. The van der Waals surface area contributed by atoms with Gasteiger partial charge in [0.25, 0.3) is 6.47 Å². The average molecular weight is 841 g/mol. The summed E-state index contributed by atoms with van der Waals surface area (Å²) >= 11 is 1.65. The number of hydrogen-bond donors (Lipinski definition) is 4. The van der Waals surface area contributed by atoms with E-state index in [1.807, 2.05) is 51.0 Å². The van der Waals surface area contributed by atoms with Crippen molar-refractivity contribution in [2.45, 2.75) is 81.5 Å². The number of H-pyrrole nitrogens is 1. The number of fused-ring (bicyclic) bond motifs is 8. The van der Waals surface area contributed by atoms with Crippen LogP contribution in [0.1, 0.15) is 75.8 Å². The number of esters is 1. The molecule has 7 atom stereocenters. The SMILES string of the molecule is COc1ccc2[nH]c3c(c2c1)C[C@@H](CN)N[C@]3(C)CS[C@@H]1c2c(OC(C)=O)c(C)c3c(c2[C@H](COC=O)N2[C@@H]1[C@@H](N(C)C)c1c(cc(C)c(OC)c1O)C[C@@H]2C#N)OCO3. The van der Waals surface area contributed by atoms with E-state index in [4.69, 9.17) is 34.2 Å². The fraction of sp³-hybridized carbons (Fsp3) is 0.477. The molecule has 0 radical (unpaired) electrons. The van der Waals surface area contributed by atoms with Crippen molar-refractivity contribution in [1.82, 2.24) is 20.1 Å². The highest BCUT2D eigenvalue weighted by atomic mass is 32.2. The molecule has 4 aromatic rings. The van der Waals surface area contributed by atoms with Gasteiger partial charge in [0.15, 0.2) is 23.0 Å². The van der Waals surface area contributed by atoms with E-state index >= 15 is 0 Å². The number of benzene rings is 3. The van der Waals surface area contributed by atoms with Gasteiger partial charge in [-0.3, -0.25) is 14.5 Å². The lowest BCUT2D eigenvalue weighted by Gasteiger charge is -2.52. The molecule has 0 saturated carbocycles. The van der Waals surface area contributed by atoms with Crippen LogP contribution in [-0.4, -0.2) is 104 Å². The number of carbonyl (C=O) groups excluding carboxylic acids is 2. The van der Waals surface area contributed by atoms with E-state index in [2.05, 4.69) is 34.3 Å². The monoisotopic (exact) mass is 840 g/mol. The third kappa shape index (κ3) is 6.58. The first-order chi connectivity index (χ1) is 28.8. The fourth-order valence-corrected chi connectivity index (χ4v) is 11.9. The molecule has 0 fully saturated rings. The van der Waals surface area contributed by atoms with E-state index < -0.39 is 40.9 Å². The predicted molar refractivity (Wildman–Crippen MR) is 225 cm³/mol. The molecule has 0 aliphatic carbocycles. The lowest BCUT2D eigenvalue weighted by molar-refractivity contribution is -0.132. The Hall–Kier alpha value is -5.18. The van der Waals surface area contributed by atoms with Crippen LogP contribution in [0.4, 0.5) is 0 Å². The second-order valence-corrected chi connectivity index (χ2v) is 17.6. The number of likely N-dealkylation sites (N-methyl/N-ethyl adjacent to an activating group) is 1. The summed E-state index contributed by atoms with van der Waals surface area (Å²) in [5.74, 6) is 2.22. The molecule has 0 amide bonds. The summed E-state index contributed by atoms with van der Waals surface area (Å²) < 4.78 is 35.6. The minimum absolute atomic E-state index is 0.00750. The molecule has 5 N–H and O–H groups in total. The highest BCUT2D eigenvalue weighted by Gasteiger charge is 2.56. The zero-order valence-electron chi connectivity index (χ0n) is 35.1. The Morgan fingerprint density at radius 1 is 1.13 bits per heavy atom. The molecule has 15 nitrogen and oxygen atoms in total. The Balaban J connectivity index is 1.41. The van der Waals surface area contributed by atoms with Crippen molar-refractivity contribution in [2.24, 2.45) is 5.73 Å². The van der Waals surface area contributed by atoms with E-state index in [1.165, 1.54) is 14.0 Å². The summed E-state index contributed by atoms with van der Waals surface area (Å²) in [7, 11) is 7.07. The number of phenolic OH excluding ortho intramolecular Hbond substituents is 1. The maximum atomic E-state index is 13.1. The number of ether oxygens (including phenoxy) is 6. The summed E-state index contributed by atoms with van der Waals surface area (Å²) in [6, 6.07) is 7.83. The molecule has 5 heterocycles. The minimum atomic E-state index is -0.779. The van der Waals surface area contributed by atoms with Gasteiger partial charge < -0.3 is 54.5 Å². The molecule has 16 heteroatoms. The summed E-state index contributed by atoms with van der Waals surface area (Å²) in [5.41, 5.74) is 12.9. The molecule has 1 aromatic heterocycles. The summed E-state index contributed by atoms with van der Waals surface area (Å²) in [5, 5.41) is 27.8. The van der Waals surface area contributed by atoms with Crippen molar-refractivity contribution in [1.29, 1.82) is 5.26 Å². The summed E-state index contributed by atoms with van der Waals surface area (Å²) in [6.45, 7) is 7.79. The Labute approximate surface area is 353 Å². The van der Waals surface area contributed by atoms with Gasteiger partial charge in [0.1, 0.15) is 24.1 Å². The fourth-order valence-electron chi connectivity index (χ4n) is 10.3. The van der Waals surface area contributed by atoms with Crippen LogP contribution in [-0.2, 0) is 32.7 Å². The number of thioether (sulfide) groups is 1. The number of nitrogens with two attached hydrogens (primary N) is 1. The molecule has 0 saturated heterocycles. The van der Waals surface area contributed by atoms with Crippen LogP contribution in [0, 0.1) is 25.2 Å². The molecule has 3 aromatic carbocycles. The van der Waals surface area contributed by atoms with Gasteiger partial charge in [-0.25, -0.2) is 0 Å². The summed E-state index contributed by atoms with van der Waals surface area (Å²) in [6.07, 6.45) is 0.959. The third-order valence-corrected chi connectivity index (χ3v) is 14.2. The van der Waals surface area contributed by atoms with Gasteiger partial charge in [0.05, 0.1) is 43.2 Å². The van der Waals surface area contributed by atoms with Crippen LogP contribution in [0.2, 0.25) is 0 Å². The van der Waals surface area contributed by atoms with E-state index in [0.29, 0.717) is 70.4 Å². The van der Waals surface area contributed by atoms with Crippen LogP contribution in [0.3, 0.4) is 0 Å². The Morgan fingerprint density at radius 3 is 2.57 bits per heavy atom. The highest BCUT2D eigenvalue weighted by molar-refractivity contribution is 7.99. The third-order valence-electron chi connectivity index (χ3n) is 12.6. The smallest absolute Gasteiger partial charge is 0.308 e. The largest absolute Gasteiger partial charge is 0.504 e. The van der Waals surface area contributed by atoms with Gasteiger partial charge in [-0.1, -0.05) is 6.07 Å². The molecule has 0 bridgehead atoms. The number of nitrogens with zero attached hydrogens (tertiary/aromatic N) is 3. The molecular formula is C44H52N6O9S. The maximum absolute atomic E-state index is 13.1. The number of aromatic nitrogens is 1. The second kappa shape index (κ2) is 16.0. The quantitative estimate of drug-likeness (QED) is 0.0898. The number of aromatic hydroxyl groups is 1. The average Bonchev–Trinajstić information content (AvgIpc) is 3.83. The van der Waals surface area contributed by atoms with E-state index in [1.54, 1.807) is 18.9 Å². The first kappa shape index (κ1) is 41.5. The number of methoxy groups -OCH3 is 2. The van der Waals surface area contributed by atoms with E-state index in [9.17, 15) is 20.0 Å². The van der Waals surface area contributed by atoms with E-state index in [-0.39, 0.29) is 31.6 Å². The zero-order valence-corrected chi connectivity index (χ0v) is 36.0. The number of aryl methyl sites for hydroxylation is 1. The molecule has 8 rings (SSSR count). The maximum Gasteiger partial charge on any atom is 0.308 e. The first-order valence-corrected chi connectivity index (χ1v) is 21.1. The predicted octanol–water partition coefficient (Wildman–Crippen LogP) is 4.97. The lowest BCUT2D eigenvalue weighted by atomic mass is 9.80. The number of aromatic amines is 1. The molecule has 4 aliphatic heterocycles. The highest BCUT2D eigenvalue weighted by Crippen LogP contribution is 2.62. The minimum Gasteiger partial charge on any atom is -0.504 e. The normalized spacial score (nSPS) is 25.4. The van der Waals surface area contributed by atoms with Crippen molar-refractivity contribution >= 4 is 35.1 Å². The number of hydrogen-bond acceptors (Lipinski definition) is 15. The van der Waals surface area contributed by atoms with Gasteiger partial charge in [-0.05, 0) is 76.2 Å². The van der Waals surface area contributed by atoms with Crippen LogP contribution in [0.25, 0.3) is 10.9 Å². The van der Waals surface area contributed by atoms with Gasteiger partial charge >= 0.3 is 5.97 Å². The van der Waals surface area contributed by atoms with Crippen LogP contribution in [0.5, 0.6) is 34.5 Å². The lowest BCUT2D eigenvalue weighted by Crippen LogP contribution is -2.57. The van der Waals surface area contributed by atoms with Crippen molar-refractivity contribution in [3.8, 4) is 40.6 Å². The number of nitriles is 1. The second-order valence-electron chi connectivity index (χ2n) is 16.5. The Bertz CT molecular complexity index is 2410. The van der Waals surface area contributed by atoms with Crippen molar-refractivity contribution in [3.63, 3.8) is 0 Å². The molecular weight excluding hydrogens is 789 g/mol. The topological polar surface area (TPSA) is 194 Å². The van der Waals surface area contributed by atoms with E-state index in [0.717, 1.165) is 39.0 Å². The van der Waals surface area contributed by atoms with Gasteiger partial charge in [-0.2, -0.15) is 5.26 Å². The van der Waals surface area contributed by atoms with Crippen molar-refractivity contribution < 1.29 is 43.1 Å². The summed E-state index contributed by atoms with van der Waals surface area (Å²) in [4.78, 5) is 33.1. The van der Waals surface area contributed by atoms with Gasteiger partial charge in [0.2, 0.25) is 6.79 Å². The van der Waals surface area contributed by atoms with Gasteiger partial charge in [0, 0.05) is 76.6 Å². The van der Waals surface area contributed by atoms with Crippen LogP contribution in [0.15, 0.2) is 24.3 Å². The first-order valence-electron chi connectivity index (χ1n) is 20.0. The molecule has 60 heavy (non-hydrogen) atoms. The number of phenols is 1. The standard InChI is InChI=1S/C44H52N6O9S/c1-21-11-24-12-26(16-46)50-31(17-56-19-51)33-34(39(59-23(3)52)22(2)40-41(33)58-20-57-40)42(36(50)35(49(5)6)32(24)37(53)38(21)55-8)60-18-44(4)43-29(13-25(15-45)48-44)28-14-27(54-7)9-10-30(28)47-43/h9-11,14,19,25-26,31,35-36,42,47-48,53H,12-13,15,17-18,20,45H2,1-8H3/t25-,26+,31-,35-,36+,42+,44+/m0/s1.